The molecule has 2 saturated heterocycles. The first kappa shape index (κ1) is 16.8. The molecule has 0 radical (unpaired) electrons. The minimum Gasteiger partial charge on any atom is -0.347 e. The van der Waals surface area contributed by atoms with E-state index < -0.39 is 0 Å². The largest absolute Gasteiger partial charge is 0.347 e. The van der Waals surface area contributed by atoms with Gasteiger partial charge >= 0.3 is 6.03 Å². The van der Waals surface area contributed by atoms with Crippen molar-refractivity contribution >= 4 is 6.03 Å². The zero-order chi connectivity index (χ0) is 17.1. The van der Waals surface area contributed by atoms with Gasteiger partial charge in [0.2, 0.25) is 0 Å². The first-order chi connectivity index (χ1) is 12.3. The standard InChI is InChI=1S/C18H28N4O3/c23-17(22-9-5-2-6-16(22)14-10-20-21-11-14)19-12-15-13-24-18(25-15)7-3-1-4-8-18/h10-11,15-16H,1-9,12-13H2,(H,19,23)(H,20,21)/t15-,16+/m0/s1. The number of hydrogen-bond acceptors (Lipinski definition) is 4. The van der Waals surface area contributed by atoms with Gasteiger partial charge in [0.15, 0.2) is 5.79 Å². The van der Waals surface area contributed by atoms with Crippen molar-refractivity contribution in [2.45, 2.75) is 69.3 Å². The number of likely N-dealkylation sites (tertiary alicyclic amines) is 1. The molecule has 7 nitrogen and oxygen atoms in total. The highest BCUT2D eigenvalue weighted by Crippen LogP contribution is 2.37. The van der Waals surface area contributed by atoms with Crippen LogP contribution >= 0.6 is 0 Å². The molecule has 3 fully saturated rings. The summed E-state index contributed by atoms with van der Waals surface area (Å²) in [5, 5.41) is 9.94. The summed E-state index contributed by atoms with van der Waals surface area (Å²) in [6.07, 6.45) is 12.4. The number of rotatable bonds is 3. The minimum absolute atomic E-state index is 0.0147. The highest BCUT2D eigenvalue weighted by atomic mass is 16.7. The molecule has 2 amide bonds. The third-order valence-electron chi connectivity index (χ3n) is 5.68. The van der Waals surface area contributed by atoms with Crippen LogP contribution in [-0.2, 0) is 9.47 Å². The molecular formula is C18H28N4O3. The van der Waals surface area contributed by atoms with E-state index in [1.54, 1.807) is 0 Å². The fourth-order valence-corrected chi connectivity index (χ4v) is 4.34. The maximum atomic E-state index is 12.7. The van der Waals surface area contributed by atoms with Crippen molar-refractivity contribution < 1.29 is 14.3 Å². The van der Waals surface area contributed by atoms with Crippen molar-refractivity contribution in [3.8, 4) is 0 Å². The molecule has 1 saturated carbocycles. The number of nitrogens with one attached hydrogen (secondary N) is 2. The van der Waals surface area contributed by atoms with Crippen LogP contribution in [0.4, 0.5) is 4.79 Å². The summed E-state index contributed by atoms with van der Waals surface area (Å²) < 4.78 is 12.1. The van der Waals surface area contributed by atoms with Crippen LogP contribution in [0.1, 0.15) is 63.0 Å². The number of carbonyl (C=O) groups excluding carboxylic acids is 1. The van der Waals surface area contributed by atoms with Crippen LogP contribution < -0.4 is 5.32 Å². The van der Waals surface area contributed by atoms with Gasteiger partial charge in [0.1, 0.15) is 6.10 Å². The molecule has 3 aliphatic rings. The lowest BCUT2D eigenvalue weighted by Crippen LogP contribution is -2.47. The molecule has 2 aliphatic heterocycles. The number of aromatic nitrogens is 2. The van der Waals surface area contributed by atoms with Gasteiger partial charge in [-0.2, -0.15) is 5.10 Å². The van der Waals surface area contributed by atoms with Crippen molar-refractivity contribution in [1.29, 1.82) is 0 Å². The highest BCUT2D eigenvalue weighted by Gasteiger charge is 2.42. The van der Waals surface area contributed by atoms with Crippen LogP contribution in [-0.4, -0.2) is 52.7 Å². The van der Waals surface area contributed by atoms with Gasteiger partial charge in [-0.3, -0.25) is 5.10 Å². The van der Waals surface area contributed by atoms with E-state index in [1.165, 1.54) is 19.3 Å². The Labute approximate surface area is 148 Å². The predicted octanol–water partition coefficient (Wildman–Crippen LogP) is 2.72. The molecule has 7 heteroatoms. The fraction of sp³-hybridized carbons (Fsp3) is 0.778. The topological polar surface area (TPSA) is 79.5 Å². The molecule has 0 unspecified atom stereocenters. The van der Waals surface area contributed by atoms with Gasteiger partial charge < -0.3 is 19.7 Å². The summed E-state index contributed by atoms with van der Waals surface area (Å²) in [5.41, 5.74) is 1.08. The Bertz CT molecular complexity index is 571. The number of H-pyrrole nitrogens is 1. The molecule has 1 aromatic rings. The van der Waals surface area contributed by atoms with E-state index in [-0.39, 0.29) is 24.0 Å². The van der Waals surface area contributed by atoms with E-state index in [0.717, 1.165) is 44.2 Å². The first-order valence-corrected chi connectivity index (χ1v) is 9.61. The van der Waals surface area contributed by atoms with Crippen LogP contribution in [0.5, 0.6) is 0 Å². The zero-order valence-electron chi connectivity index (χ0n) is 14.7. The number of carbonyl (C=O) groups is 1. The zero-order valence-corrected chi connectivity index (χ0v) is 14.7. The normalized spacial score (nSPS) is 29.0. The lowest BCUT2D eigenvalue weighted by Gasteiger charge is -2.35. The number of piperidine rings is 1. The quantitative estimate of drug-likeness (QED) is 0.880. The Kier molecular flexibility index (Phi) is 4.94. The molecule has 2 N–H and O–H groups in total. The maximum Gasteiger partial charge on any atom is 0.318 e. The van der Waals surface area contributed by atoms with Crippen molar-refractivity contribution in [3.63, 3.8) is 0 Å². The van der Waals surface area contributed by atoms with Crippen LogP contribution in [0, 0.1) is 0 Å². The number of aromatic amines is 1. The second kappa shape index (κ2) is 7.33. The van der Waals surface area contributed by atoms with Crippen LogP contribution in [0.15, 0.2) is 12.4 Å². The molecule has 25 heavy (non-hydrogen) atoms. The van der Waals surface area contributed by atoms with Crippen LogP contribution in [0.2, 0.25) is 0 Å². The van der Waals surface area contributed by atoms with E-state index in [2.05, 4.69) is 15.5 Å². The van der Waals surface area contributed by atoms with Crippen molar-refractivity contribution in [3.05, 3.63) is 18.0 Å². The summed E-state index contributed by atoms with van der Waals surface area (Å²) in [7, 11) is 0. The lowest BCUT2D eigenvalue weighted by atomic mass is 9.94. The average Bonchev–Trinajstić information content (AvgIpc) is 3.31. The molecule has 4 rings (SSSR count). The molecule has 0 aromatic carbocycles. The minimum atomic E-state index is -0.377. The van der Waals surface area contributed by atoms with E-state index in [4.69, 9.17) is 9.47 Å². The van der Waals surface area contributed by atoms with E-state index in [0.29, 0.717) is 13.2 Å². The molecule has 1 aliphatic carbocycles. The van der Waals surface area contributed by atoms with E-state index in [1.807, 2.05) is 17.3 Å². The lowest BCUT2D eigenvalue weighted by molar-refractivity contribution is -0.186. The number of ether oxygens (including phenoxy) is 2. The van der Waals surface area contributed by atoms with Crippen molar-refractivity contribution in [1.82, 2.24) is 20.4 Å². The van der Waals surface area contributed by atoms with Gasteiger partial charge in [-0.1, -0.05) is 6.42 Å². The Morgan fingerprint density at radius 1 is 1.32 bits per heavy atom. The third-order valence-corrected chi connectivity index (χ3v) is 5.68. The molecular weight excluding hydrogens is 320 g/mol. The van der Waals surface area contributed by atoms with Crippen LogP contribution in [0.25, 0.3) is 0 Å². The number of hydrogen-bond donors (Lipinski definition) is 2. The van der Waals surface area contributed by atoms with Gasteiger partial charge in [0.25, 0.3) is 0 Å². The second-order valence-electron chi connectivity index (χ2n) is 7.44. The summed E-state index contributed by atoms with van der Waals surface area (Å²) in [5.74, 6) is -0.377. The Balaban J connectivity index is 1.31. The monoisotopic (exact) mass is 348 g/mol. The van der Waals surface area contributed by atoms with E-state index in [9.17, 15) is 4.79 Å². The Hall–Kier alpha value is -1.60. The molecule has 2 atom stereocenters. The van der Waals surface area contributed by atoms with Gasteiger partial charge in [0, 0.05) is 37.7 Å². The molecule has 1 aromatic heterocycles. The maximum absolute atomic E-state index is 12.7. The van der Waals surface area contributed by atoms with Crippen LogP contribution in [0.3, 0.4) is 0 Å². The summed E-state index contributed by atoms with van der Waals surface area (Å²) in [6, 6.07) is 0.0945. The summed E-state index contributed by atoms with van der Waals surface area (Å²) >= 11 is 0. The molecule has 1 spiro atoms. The first-order valence-electron chi connectivity index (χ1n) is 9.61. The fourth-order valence-electron chi connectivity index (χ4n) is 4.34. The van der Waals surface area contributed by atoms with E-state index >= 15 is 0 Å². The summed E-state index contributed by atoms with van der Waals surface area (Å²) in [6.45, 7) is 1.87. The van der Waals surface area contributed by atoms with Gasteiger partial charge in [-0.25, -0.2) is 4.79 Å². The number of amides is 2. The number of nitrogens with zero attached hydrogens (tertiary/aromatic N) is 2. The molecule has 0 bridgehead atoms. The van der Waals surface area contributed by atoms with Gasteiger partial charge in [-0.05, 0) is 32.1 Å². The smallest absolute Gasteiger partial charge is 0.318 e. The highest BCUT2D eigenvalue weighted by molar-refractivity contribution is 5.74. The molecule has 3 heterocycles. The Morgan fingerprint density at radius 3 is 3.00 bits per heavy atom. The third kappa shape index (κ3) is 3.67. The Morgan fingerprint density at radius 2 is 2.20 bits per heavy atom. The number of urea groups is 1. The SMILES string of the molecule is O=C(NC[C@H]1COC2(CCCCC2)O1)N1CCCC[C@@H]1c1cn[nH]c1. The predicted molar refractivity (Wildman–Crippen MR) is 91.9 cm³/mol. The van der Waals surface area contributed by atoms with Gasteiger partial charge in [-0.15, -0.1) is 0 Å². The second-order valence-corrected chi connectivity index (χ2v) is 7.44. The average molecular weight is 348 g/mol. The molecule has 138 valence electrons. The van der Waals surface area contributed by atoms with Gasteiger partial charge in [0.05, 0.1) is 18.8 Å². The summed E-state index contributed by atoms with van der Waals surface area (Å²) in [4.78, 5) is 14.6. The van der Waals surface area contributed by atoms with Crippen molar-refractivity contribution in [2.75, 3.05) is 19.7 Å². The van der Waals surface area contributed by atoms with Crippen molar-refractivity contribution in [2.24, 2.45) is 0 Å².